The van der Waals surface area contributed by atoms with E-state index in [1.165, 1.54) is 11.8 Å². The molecule has 3 rings (SSSR count). The number of hydrogen-bond acceptors (Lipinski definition) is 4. The Kier molecular flexibility index (Phi) is 5.56. The van der Waals surface area contributed by atoms with Gasteiger partial charge in [-0.2, -0.15) is 0 Å². The number of nitrogens with zero attached hydrogens (tertiary/aromatic N) is 1. The molecule has 1 aliphatic rings. The molecule has 1 heterocycles. The summed E-state index contributed by atoms with van der Waals surface area (Å²) in [5, 5.41) is 0.649. The fourth-order valence-corrected chi connectivity index (χ4v) is 3.81. The lowest BCUT2D eigenvalue weighted by Crippen LogP contribution is -2.35. The van der Waals surface area contributed by atoms with Gasteiger partial charge in [0.2, 0.25) is 11.7 Å². The summed E-state index contributed by atoms with van der Waals surface area (Å²) in [6, 6.07) is 16.5. The lowest BCUT2D eigenvalue weighted by atomic mass is 9.97. The summed E-state index contributed by atoms with van der Waals surface area (Å²) >= 11 is 7.33. The second kappa shape index (κ2) is 7.85. The number of amides is 2. The Morgan fingerprint density at radius 1 is 1.12 bits per heavy atom. The van der Waals surface area contributed by atoms with Crippen molar-refractivity contribution < 1.29 is 14.4 Å². The van der Waals surface area contributed by atoms with Crippen LogP contribution in [0.3, 0.4) is 0 Å². The fourth-order valence-electron chi connectivity index (χ4n) is 2.75. The maximum atomic E-state index is 12.3. The maximum absolute atomic E-state index is 12.3. The van der Waals surface area contributed by atoms with Crippen molar-refractivity contribution in [1.29, 1.82) is 0 Å². The van der Waals surface area contributed by atoms with Crippen LogP contribution in [-0.2, 0) is 20.1 Å². The van der Waals surface area contributed by atoms with Gasteiger partial charge in [-0.25, -0.2) is 0 Å². The van der Waals surface area contributed by atoms with Gasteiger partial charge in [0.15, 0.2) is 0 Å². The molecule has 2 amide bonds. The topological polar surface area (TPSA) is 54.5 Å². The van der Waals surface area contributed by atoms with Crippen LogP contribution in [0.25, 0.3) is 0 Å². The van der Waals surface area contributed by atoms with Gasteiger partial charge in [-0.05, 0) is 23.3 Å². The zero-order valence-electron chi connectivity index (χ0n) is 13.4. The number of benzene rings is 2. The minimum Gasteiger partial charge on any atom is -0.288 e. The average molecular weight is 374 g/mol. The SMILES string of the molecule is O=C1C(=O)N(C(=O)CSCc2cccc(Cl)c2)C[C@@H]1c1ccccc1. The van der Waals surface area contributed by atoms with Crippen LogP contribution >= 0.6 is 23.4 Å². The van der Waals surface area contributed by atoms with Crippen molar-refractivity contribution >= 4 is 41.0 Å². The van der Waals surface area contributed by atoms with Gasteiger partial charge in [0, 0.05) is 17.3 Å². The van der Waals surface area contributed by atoms with Crippen molar-refractivity contribution in [3.8, 4) is 0 Å². The molecule has 128 valence electrons. The van der Waals surface area contributed by atoms with E-state index in [1.54, 1.807) is 18.2 Å². The molecule has 1 fully saturated rings. The molecule has 2 aromatic carbocycles. The Morgan fingerprint density at radius 2 is 1.88 bits per heavy atom. The largest absolute Gasteiger partial charge is 0.297 e. The summed E-state index contributed by atoms with van der Waals surface area (Å²) in [4.78, 5) is 37.7. The van der Waals surface area contributed by atoms with Crippen LogP contribution in [0.4, 0.5) is 0 Å². The number of thioether (sulfide) groups is 1. The number of imide groups is 1. The molecular weight excluding hydrogens is 358 g/mol. The molecule has 0 unspecified atom stereocenters. The number of carbonyl (C=O) groups excluding carboxylic acids is 3. The van der Waals surface area contributed by atoms with Gasteiger partial charge in [-0.15, -0.1) is 11.8 Å². The highest BCUT2D eigenvalue weighted by molar-refractivity contribution is 7.99. The lowest BCUT2D eigenvalue weighted by molar-refractivity contribution is -0.146. The lowest BCUT2D eigenvalue weighted by Gasteiger charge is -2.13. The van der Waals surface area contributed by atoms with Gasteiger partial charge in [0.1, 0.15) is 0 Å². The Labute approximate surface area is 155 Å². The van der Waals surface area contributed by atoms with Crippen LogP contribution in [0.5, 0.6) is 0 Å². The van der Waals surface area contributed by atoms with Gasteiger partial charge in [-0.3, -0.25) is 19.3 Å². The average Bonchev–Trinajstić information content (AvgIpc) is 2.91. The Balaban J connectivity index is 1.59. The zero-order valence-corrected chi connectivity index (χ0v) is 14.9. The van der Waals surface area contributed by atoms with E-state index < -0.39 is 17.6 Å². The molecule has 25 heavy (non-hydrogen) atoms. The van der Waals surface area contributed by atoms with E-state index in [9.17, 15) is 14.4 Å². The van der Waals surface area contributed by atoms with E-state index >= 15 is 0 Å². The molecule has 1 aliphatic heterocycles. The molecular formula is C19H16ClNO3S. The summed E-state index contributed by atoms with van der Waals surface area (Å²) in [5.41, 5.74) is 1.78. The minimum absolute atomic E-state index is 0.123. The Hall–Kier alpha value is -2.11. The molecule has 1 atom stereocenters. The normalized spacial score (nSPS) is 17.2. The van der Waals surface area contributed by atoms with Gasteiger partial charge in [0.05, 0.1) is 11.7 Å². The highest BCUT2D eigenvalue weighted by Gasteiger charge is 2.42. The molecule has 0 saturated carbocycles. The number of Topliss-reactive ketones (excluding diaryl/α,β-unsaturated/α-hetero) is 1. The first-order valence-electron chi connectivity index (χ1n) is 7.82. The van der Waals surface area contributed by atoms with Crippen molar-refractivity contribution in [2.24, 2.45) is 0 Å². The minimum atomic E-state index is -0.706. The van der Waals surface area contributed by atoms with Crippen LogP contribution in [0, 0.1) is 0 Å². The third-order valence-corrected chi connectivity index (χ3v) is 5.25. The zero-order chi connectivity index (χ0) is 17.8. The van der Waals surface area contributed by atoms with Crippen LogP contribution in [0.1, 0.15) is 17.0 Å². The molecule has 0 radical (unpaired) electrons. The van der Waals surface area contributed by atoms with E-state index in [0.29, 0.717) is 10.8 Å². The monoisotopic (exact) mass is 373 g/mol. The van der Waals surface area contributed by atoms with Gasteiger partial charge in [-0.1, -0.05) is 54.1 Å². The maximum Gasteiger partial charge on any atom is 0.297 e. The first kappa shape index (κ1) is 17.7. The number of likely N-dealkylation sites (tertiary alicyclic amines) is 1. The number of halogens is 1. The summed E-state index contributed by atoms with van der Waals surface area (Å²) in [7, 11) is 0. The van der Waals surface area contributed by atoms with Gasteiger partial charge < -0.3 is 0 Å². The molecule has 2 aromatic rings. The highest BCUT2D eigenvalue weighted by atomic mass is 35.5. The van der Waals surface area contributed by atoms with Gasteiger partial charge in [0.25, 0.3) is 5.91 Å². The molecule has 6 heteroatoms. The second-order valence-corrected chi connectivity index (χ2v) is 7.18. The molecule has 0 spiro atoms. The first-order chi connectivity index (χ1) is 12.1. The second-order valence-electron chi connectivity index (χ2n) is 5.76. The van der Waals surface area contributed by atoms with Crippen molar-refractivity contribution in [3.05, 3.63) is 70.7 Å². The van der Waals surface area contributed by atoms with E-state index in [1.807, 2.05) is 36.4 Å². The predicted octanol–water partition coefficient (Wildman–Crippen LogP) is 3.29. The quantitative estimate of drug-likeness (QED) is 0.754. The third kappa shape index (κ3) is 4.11. The van der Waals surface area contributed by atoms with Gasteiger partial charge >= 0.3 is 0 Å². The predicted molar refractivity (Wildman–Crippen MR) is 98.5 cm³/mol. The molecule has 1 saturated heterocycles. The van der Waals surface area contributed by atoms with Crippen molar-refractivity contribution in [1.82, 2.24) is 4.90 Å². The van der Waals surface area contributed by atoms with Crippen molar-refractivity contribution in [2.75, 3.05) is 12.3 Å². The molecule has 4 nitrogen and oxygen atoms in total. The van der Waals surface area contributed by atoms with Crippen molar-refractivity contribution in [2.45, 2.75) is 11.7 Å². The summed E-state index contributed by atoms with van der Waals surface area (Å²) in [6.45, 7) is 0.123. The van der Waals surface area contributed by atoms with Crippen LogP contribution in [0.2, 0.25) is 5.02 Å². The molecule has 0 aromatic heterocycles. The summed E-state index contributed by atoms with van der Waals surface area (Å²) in [5.74, 6) is -1.35. The fraction of sp³-hybridized carbons (Fsp3) is 0.211. The van der Waals surface area contributed by atoms with E-state index in [4.69, 9.17) is 11.6 Å². The molecule has 0 aliphatic carbocycles. The van der Waals surface area contributed by atoms with Crippen LogP contribution < -0.4 is 0 Å². The summed E-state index contributed by atoms with van der Waals surface area (Å²) < 4.78 is 0. The van der Waals surface area contributed by atoms with Crippen LogP contribution in [-0.4, -0.2) is 34.8 Å². The summed E-state index contributed by atoms with van der Waals surface area (Å²) in [6.07, 6.45) is 0. The smallest absolute Gasteiger partial charge is 0.288 e. The highest BCUT2D eigenvalue weighted by Crippen LogP contribution is 2.26. The number of rotatable bonds is 5. The third-order valence-electron chi connectivity index (χ3n) is 4.02. The molecule has 0 N–H and O–H groups in total. The number of ketones is 1. The standard InChI is InChI=1S/C19H16ClNO3S/c20-15-8-4-5-13(9-15)11-25-12-17(22)21-10-16(18(23)19(21)24)14-6-2-1-3-7-14/h1-9,16H,10-12H2/t16-/m1/s1. The Bertz CT molecular complexity index is 809. The van der Waals surface area contributed by atoms with E-state index in [-0.39, 0.29) is 18.2 Å². The number of carbonyl (C=O) groups is 3. The van der Waals surface area contributed by atoms with E-state index in [2.05, 4.69) is 0 Å². The number of hydrogen-bond donors (Lipinski definition) is 0. The van der Waals surface area contributed by atoms with Crippen molar-refractivity contribution in [3.63, 3.8) is 0 Å². The Morgan fingerprint density at radius 3 is 2.60 bits per heavy atom. The molecule has 0 bridgehead atoms. The van der Waals surface area contributed by atoms with Crippen LogP contribution in [0.15, 0.2) is 54.6 Å². The van der Waals surface area contributed by atoms with E-state index in [0.717, 1.165) is 16.0 Å². The first-order valence-corrected chi connectivity index (χ1v) is 9.35.